The summed E-state index contributed by atoms with van der Waals surface area (Å²) in [5.74, 6) is -0.596. The van der Waals surface area contributed by atoms with Crippen molar-refractivity contribution in [3.05, 3.63) is 50.9 Å². The number of benzene rings is 1. The van der Waals surface area contributed by atoms with Crippen LogP contribution >= 0.6 is 27.3 Å². The molecule has 0 saturated carbocycles. The van der Waals surface area contributed by atoms with Gasteiger partial charge in [0.1, 0.15) is 5.82 Å². The third kappa shape index (κ3) is 3.85. The van der Waals surface area contributed by atoms with Crippen molar-refractivity contribution < 1.29 is 12.8 Å². The topological polar surface area (TPSA) is 46.2 Å². The van der Waals surface area contributed by atoms with E-state index in [4.69, 9.17) is 0 Å². The fraction of sp³-hybridized carbons (Fsp3) is 0.167. The number of nitrogens with one attached hydrogen (secondary N) is 1. The molecule has 7 heteroatoms. The average Bonchev–Trinajstić information content (AvgIpc) is 2.85. The predicted octanol–water partition coefficient (Wildman–Crippen LogP) is 3.17. The van der Waals surface area contributed by atoms with Crippen LogP contribution in [0.5, 0.6) is 0 Å². The maximum atomic E-state index is 13.3. The Morgan fingerprint density at radius 1 is 1.32 bits per heavy atom. The summed E-state index contributed by atoms with van der Waals surface area (Å²) in [6.07, 6.45) is 0.621. The molecule has 0 saturated heterocycles. The monoisotopic (exact) mass is 363 g/mol. The number of halogens is 2. The Morgan fingerprint density at radius 3 is 2.74 bits per heavy atom. The highest BCUT2D eigenvalue weighted by atomic mass is 79.9. The first kappa shape index (κ1) is 14.6. The zero-order valence-electron chi connectivity index (χ0n) is 9.77. The molecule has 3 nitrogen and oxygen atoms in total. The first-order valence-electron chi connectivity index (χ1n) is 5.46. The molecule has 0 aliphatic rings. The van der Waals surface area contributed by atoms with E-state index in [1.165, 1.54) is 12.1 Å². The summed E-state index contributed by atoms with van der Waals surface area (Å²) >= 11 is 4.56. The maximum Gasteiger partial charge on any atom is 0.240 e. The highest BCUT2D eigenvalue weighted by Crippen LogP contribution is 2.19. The predicted molar refractivity (Wildman–Crippen MR) is 77.3 cm³/mol. The van der Waals surface area contributed by atoms with E-state index in [2.05, 4.69) is 20.7 Å². The van der Waals surface area contributed by atoms with E-state index in [0.29, 0.717) is 13.0 Å². The molecule has 0 atom stereocenters. The second-order valence-electron chi connectivity index (χ2n) is 3.80. The zero-order chi connectivity index (χ0) is 13.9. The molecule has 2 aromatic rings. The van der Waals surface area contributed by atoms with Crippen LogP contribution in [0.4, 0.5) is 4.39 Å². The summed E-state index contributed by atoms with van der Waals surface area (Å²) < 4.78 is 39.9. The molecule has 0 aliphatic carbocycles. The molecule has 102 valence electrons. The Labute approximate surface area is 123 Å². The lowest BCUT2D eigenvalue weighted by Gasteiger charge is -2.06. The van der Waals surface area contributed by atoms with E-state index in [1.807, 2.05) is 17.5 Å². The Hall–Kier alpha value is -0.760. The number of sulfonamides is 1. The summed E-state index contributed by atoms with van der Waals surface area (Å²) in [6.45, 7) is 0.292. The van der Waals surface area contributed by atoms with Crippen molar-refractivity contribution in [2.24, 2.45) is 0 Å². The van der Waals surface area contributed by atoms with Gasteiger partial charge in [0.05, 0.1) is 9.37 Å². The van der Waals surface area contributed by atoms with Crippen molar-refractivity contribution in [1.82, 2.24) is 4.72 Å². The molecule has 0 aliphatic heterocycles. The van der Waals surface area contributed by atoms with Gasteiger partial charge in [0.25, 0.3) is 0 Å². The van der Waals surface area contributed by atoms with Crippen LogP contribution in [0.15, 0.2) is 45.1 Å². The molecule has 2 rings (SSSR count). The lowest BCUT2D eigenvalue weighted by Crippen LogP contribution is -2.25. The molecule has 0 spiro atoms. The Balaban J connectivity index is 2.03. The molecular formula is C12H11BrFNO2S2. The van der Waals surface area contributed by atoms with E-state index in [-0.39, 0.29) is 9.37 Å². The van der Waals surface area contributed by atoms with Gasteiger partial charge in [-0.05, 0) is 52.0 Å². The van der Waals surface area contributed by atoms with Crippen molar-refractivity contribution in [3.63, 3.8) is 0 Å². The normalized spacial score (nSPS) is 11.7. The van der Waals surface area contributed by atoms with Crippen LogP contribution in [0.25, 0.3) is 0 Å². The highest BCUT2D eigenvalue weighted by molar-refractivity contribution is 9.10. The van der Waals surface area contributed by atoms with Gasteiger partial charge in [0.15, 0.2) is 0 Å². The second kappa shape index (κ2) is 6.13. The number of thiophene rings is 1. The highest BCUT2D eigenvalue weighted by Gasteiger charge is 2.15. The minimum Gasteiger partial charge on any atom is -0.211 e. The van der Waals surface area contributed by atoms with Crippen LogP contribution in [-0.2, 0) is 16.4 Å². The van der Waals surface area contributed by atoms with E-state index < -0.39 is 15.8 Å². The van der Waals surface area contributed by atoms with Crippen LogP contribution < -0.4 is 4.72 Å². The van der Waals surface area contributed by atoms with Crippen molar-refractivity contribution >= 4 is 37.3 Å². The van der Waals surface area contributed by atoms with E-state index in [0.717, 1.165) is 10.9 Å². The molecule has 1 aromatic heterocycles. The van der Waals surface area contributed by atoms with Gasteiger partial charge in [-0.25, -0.2) is 17.5 Å². The zero-order valence-corrected chi connectivity index (χ0v) is 13.0. The summed E-state index contributed by atoms with van der Waals surface area (Å²) in [4.78, 5) is 1.03. The quantitative estimate of drug-likeness (QED) is 0.886. The van der Waals surface area contributed by atoms with Gasteiger partial charge in [-0.3, -0.25) is 0 Å². The molecule has 0 radical (unpaired) electrons. The molecule has 1 heterocycles. The fourth-order valence-corrected chi connectivity index (χ4v) is 3.49. The van der Waals surface area contributed by atoms with Gasteiger partial charge in [-0.2, -0.15) is 0 Å². The Morgan fingerprint density at radius 2 is 2.11 bits per heavy atom. The van der Waals surface area contributed by atoms with Gasteiger partial charge >= 0.3 is 0 Å². The lowest BCUT2D eigenvalue weighted by molar-refractivity contribution is 0.577. The van der Waals surface area contributed by atoms with Crippen LogP contribution in [0.3, 0.4) is 0 Å². The van der Waals surface area contributed by atoms with Gasteiger partial charge in [-0.15, -0.1) is 11.3 Å². The van der Waals surface area contributed by atoms with Crippen molar-refractivity contribution in [2.45, 2.75) is 11.3 Å². The first-order chi connectivity index (χ1) is 8.99. The molecule has 0 fully saturated rings. The fourth-order valence-electron chi connectivity index (χ4n) is 1.49. The molecule has 0 amide bonds. The second-order valence-corrected chi connectivity index (χ2v) is 7.46. The smallest absolute Gasteiger partial charge is 0.211 e. The lowest BCUT2D eigenvalue weighted by atomic mass is 10.3. The maximum absolute atomic E-state index is 13.3. The van der Waals surface area contributed by atoms with Gasteiger partial charge in [0, 0.05) is 11.4 Å². The van der Waals surface area contributed by atoms with Crippen molar-refractivity contribution in [2.75, 3.05) is 6.54 Å². The third-order valence-electron chi connectivity index (χ3n) is 2.44. The summed E-state index contributed by atoms with van der Waals surface area (Å²) in [5, 5.41) is 1.94. The average molecular weight is 364 g/mol. The Bertz CT molecular complexity index is 656. The first-order valence-corrected chi connectivity index (χ1v) is 8.62. The molecule has 0 unspecified atom stereocenters. The van der Waals surface area contributed by atoms with E-state index in [1.54, 1.807) is 11.3 Å². The summed E-state index contributed by atoms with van der Waals surface area (Å²) in [6, 6.07) is 7.60. The largest absolute Gasteiger partial charge is 0.240 e. The Kier molecular flexibility index (Phi) is 4.72. The third-order valence-corrected chi connectivity index (χ3v) is 5.48. The van der Waals surface area contributed by atoms with Crippen LogP contribution in [-0.4, -0.2) is 15.0 Å². The summed E-state index contributed by atoms with van der Waals surface area (Å²) in [7, 11) is -3.66. The van der Waals surface area contributed by atoms with Crippen molar-refractivity contribution in [1.29, 1.82) is 0 Å². The number of rotatable bonds is 5. The van der Waals surface area contributed by atoms with Gasteiger partial charge < -0.3 is 0 Å². The molecule has 1 N–H and O–H groups in total. The van der Waals surface area contributed by atoms with Crippen molar-refractivity contribution in [3.8, 4) is 0 Å². The van der Waals surface area contributed by atoms with Crippen LogP contribution in [0.1, 0.15) is 4.88 Å². The SMILES string of the molecule is O=S(=O)(NCCc1cccs1)c1ccc(Br)c(F)c1. The van der Waals surface area contributed by atoms with Gasteiger partial charge in [-0.1, -0.05) is 6.07 Å². The van der Waals surface area contributed by atoms with Crippen LogP contribution in [0, 0.1) is 5.82 Å². The molecule has 19 heavy (non-hydrogen) atoms. The summed E-state index contributed by atoms with van der Waals surface area (Å²) in [5.41, 5.74) is 0. The minimum atomic E-state index is -3.66. The van der Waals surface area contributed by atoms with E-state index >= 15 is 0 Å². The van der Waals surface area contributed by atoms with E-state index in [9.17, 15) is 12.8 Å². The van der Waals surface area contributed by atoms with Gasteiger partial charge in [0.2, 0.25) is 10.0 Å². The number of hydrogen-bond donors (Lipinski definition) is 1. The number of hydrogen-bond acceptors (Lipinski definition) is 3. The van der Waals surface area contributed by atoms with Crippen LogP contribution in [0.2, 0.25) is 0 Å². The molecular weight excluding hydrogens is 353 g/mol. The molecule has 1 aromatic carbocycles. The minimum absolute atomic E-state index is 0.0700. The standard InChI is InChI=1S/C12H11BrFNO2S2/c13-11-4-3-10(8-12(11)14)19(16,17)15-6-5-9-2-1-7-18-9/h1-4,7-8,15H,5-6H2. The molecule has 0 bridgehead atoms.